The first-order chi connectivity index (χ1) is 24.5. The molecule has 52 heavy (non-hydrogen) atoms. The molecule has 2 aromatic carbocycles. The molecule has 6 unspecified atom stereocenters. The van der Waals surface area contributed by atoms with E-state index in [0.717, 1.165) is 42.9 Å². The topological polar surface area (TPSA) is 68.5 Å². The number of nitrogens with zero attached hydrogens (tertiary/aromatic N) is 1. The Morgan fingerprint density at radius 3 is 1.65 bits per heavy atom. The monoisotopic (exact) mass is 780 g/mol. The fourth-order valence-corrected chi connectivity index (χ4v) is 15.1. The number of carboxylic acid groups (broad SMARTS) is 1. The van der Waals surface area contributed by atoms with Gasteiger partial charge >= 0.3 is 5.97 Å². The second-order valence-electron chi connectivity index (χ2n) is 19.1. The van der Waals surface area contributed by atoms with Gasteiger partial charge in [0.25, 0.3) is 0 Å². The number of hydrogen-bond acceptors (Lipinski definition) is 2. The number of amides is 1. The van der Waals surface area contributed by atoms with Gasteiger partial charge in [0.1, 0.15) is 0 Å². The van der Waals surface area contributed by atoms with Crippen LogP contribution < -0.4 is 0 Å². The summed E-state index contributed by atoms with van der Waals surface area (Å²) in [6.07, 6.45) is 17.8. The molecule has 0 saturated heterocycles. The minimum Gasteiger partial charge on any atom is -0.656 e. The van der Waals surface area contributed by atoms with Gasteiger partial charge in [0.2, 0.25) is 0 Å². The predicted octanol–water partition coefficient (Wildman–Crippen LogP) is 11.4. The number of hydrogen-bond donors (Lipinski definition) is 1. The van der Waals surface area contributed by atoms with Crippen molar-refractivity contribution in [3.8, 4) is 0 Å². The van der Waals surface area contributed by atoms with Gasteiger partial charge in [-0.2, -0.15) is 6.92 Å². The largest absolute Gasteiger partial charge is 0.656 e. The molecule has 0 aliphatic heterocycles. The van der Waals surface area contributed by atoms with Gasteiger partial charge in [0, 0.05) is 38.6 Å². The van der Waals surface area contributed by atoms with Crippen molar-refractivity contribution in [3.05, 3.63) is 84.0 Å². The second kappa shape index (κ2) is 15.6. The molecule has 1 radical (unpaired) electrons. The predicted molar refractivity (Wildman–Crippen MR) is 207 cm³/mol. The van der Waals surface area contributed by atoms with Gasteiger partial charge in [-0.05, 0) is 165 Å². The van der Waals surface area contributed by atoms with Gasteiger partial charge in [-0.3, -0.25) is 4.79 Å². The molecule has 9 aliphatic rings. The molecule has 281 valence electrons. The molecule has 5 heteroatoms. The molecule has 11 rings (SSSR count). The van der Waals surface area contributed by atoms with E-state index in [0.29, 0.717) is 34.5 Å². The third kappa shape index (κ3) is 6.94. The van der Waals surface area contributed by atoms with Crippen molar-refractivity contribution in [1.82, 2.24) is 0 Å². The Kier molecular flexibility index (Phi) is 12.0. The first-order valence-corrected chi connectivity index (χ1v) is 20.7. The summed E-state index contributed by atoms with van der Waals surface area (Å²) in [4.78, 5) is 24.1. The first kappa shape index (κ1) is 40.2. The number of rotatable bonds is 7. The average Bonchev–Trinajstić information content (AvgIpc) is 3.53. The van der Waals surface area contributed by atoms with Crippen LogP contribution >= 0.6 is 0 Å². The number of benzene rings is 2. The van der Waals surface area contributed by atoms with E-state index in [1.165, 1.54) is 76.2 Å². The normalized spacial score (nSPS) is 41.4. The SMILES string of the molecule is C[N-]C(=O)C(C)C(C)[C@H]1CC[C@@H](C23CC4CC(CC(c5ccccc5)(C4)C2)C3)[C@H]1C.O=C(O)C12CC3CC(C1)CC(c1ccccc1)(C3)C2.[CH2-]C.[Y]. The van der Waals surface area contributed by atoms with E-state index >= 15 is 0 Å². The van der Waals surface area contributed by atoms with Crippen molar-refractivity contribution in [2.45, 2.75) is 128 Å². The summed E-state index contributed by atoms with van der Waals surface area (Å²) < 4.78 is 0. The molecule has 9 fully saturated rings. The molecule has 4 nitrogen and oxygen atoms in total. The van der Waals surface area contributed by atoms with E-state index in [9.17, 15) is 14.7 Å². The molecule has 0 aromatic heterocycles. The molecule has 0 spiro atoms. The van der Waals surface area contributed by atoms with Crippen molar-refractivity contribution in [2.24, 2.45) is 64.1 Å². The summed E-state index contributed by atoms with van der Waals surface area (Å²) in [5, 5.41) is 13.7. The minimum absolute atomic E-state index is 0. The van der Waals surface area contributed by atoms with Crippen molar-refractivity contribution in [3.63, 3.8) is 0 Å². The number of carbonyl (C=O) groups excluding carboxylic acids is 1. The molecular formula is C47H65NO3Y-2. The summed E-state index contributed by atoms with van der Waals surface area (Å²) in [5.41, 5.74) is 3.75. The van der Waals surface area contributed by atoms with Crippen LogP contribution in [0.1, 0.15) is 129 Å². The van der Waals surface area contributed by atoms with Crippen LogP contribution in [0.25, 0.3) is 5.32 Å². The van der Waals surface area contributed by atoms with Gasteiger partial charge in [-0.25, -0.2) is 0 Å². The first-order valence-electron chi connectivity index (χ1n) is 20.7. The third-order valence-electron chi connectivity index (χ3n) is 16.4. The van der Waals surface area contributed by atoms with Crippen molar-refractivity contribution in [2.75, 3.05) is 7.05 Å². The van der Waals surface area contributed by atoms with Gasteiger partial charge < -0.3 is 22.1 Å². The van der Waals surface area contributed by atoms with E-state index in [-0.39, 0.29) is 49.9 Å². The molecule has 0 heterocycles. The second-order valence-corrected chi connectivity index (χ2v) is 19.1. The Morgan fingerprint density at radius 1 is 0.731 bits per heavy atom. The molecule has 1 amide bonds. The Morgan fingerprint density at radius 2 is 1.19 bits per heavy atom. The number of carboxylic acids is 1. The van der Waals surface area contributed by atoms with Gasteiger partial charge in [-0.1, -0.05) is 81.4 Å². The van der Waals surface area contributed by atoms with Crippen molar-refractivity contribution < 1.29 is 47.4 Å². The van der Waals surface area contributed by atoms with Crippen LogP contribution in [-0.4, -0.2) is 24.0 Å². The van der Waals surface area contributed by atoms with E-state index in [4.69, 9.17) is 0 Å². The average molecular weight is 781 g/mol. The van der Waals surface area contributed by atoms with E-state index in [2.05, 4.69) is 93.7 Å². The minimum atomic E-state index is -0.540. The Balaban J connectivity index is 0.000000182. The maximum absolute atomic E-state index is 12.3. The summed E-state index contributed by atoms with van der Waals surface area (Å²) in [6, 6.07) is 22.2. The fraction of sp³-hybridized carbons (Fsp3) is 0.681. The van der Waals surface area contributed by atoms with Gasteiger partial charge in [0.05, 0.1) is 11.3 Å². The Bertz CT molecular complexity index is 1510. The summed E-state index contributed by atoms with van der Waals surface area (Å²) >= 11 is 0. The fourth-order valence-electron chi connectivity index (χ4n) is 15.1. The van der Waals surface area contributed by atoms with E-state index in [1.54, 1.807) is 19.5 Å². The molecule has 1 N–H and O–H groups in total. The molecule has 9 aliphatic carbocycles. The molecule has 2 aromatic rings. The molecule has 9 atom stereocenters. The summed E-state index contributed by atoms with van der Waals surface area (Å²) in [6.45, 7) is 12.0. The van der Waals surface area contributed by atoms with Gasteiger partial charge in [0.15, 0.2) is 0 Å². The molecular weight excluding hydrogens is 715 g/mol. The number of aliphatic carboxylic acids is 1. The smallest absolute Gasteiger partial charge is 0.309 e. The third-order valence-corrected chi connectivity index (χ3v) is 16.4. The zero-order chi connectivity index (χ0) is 36.2. The van der Waals surface area contributed by atoms with E-state index < -0.39 is 11.4 Å². The number of carbonyl (C=O) groups is 2. The zero-order valence-electron chi connectivity index (χ0n) is 32.9. The summed E-state index contributed by atoms with van der Waals surface area (Å²) in [5.74, 6) is 5.47. The Hall–Kier alpha value is -1.52. The standard InChI is InChI=1S/C28H41NO.C17H20O2.C2H5.Y/c1-18(19(2)26(30)29-4)24-10-11-25(20(24)3)28-15-21-12-22(16-28)14-27(13-21,17-28)23-8-6-5-7-9-23;18-15(19)17-9-12-6-13(10-17)8-16(7-12,11-17)14-4-2-1-3-5-14;1-2;/h5-9,18-22,24-25H,10-17H2,1-4H3,(H,29,30);1-5,12-13H,6-11H2,(H,18,19);1H2,2H3;/q;;-1;/p-1/t18?,19?,20-,21?,22?,24+,25+,27?,28?;;;/m0.../s1. The van der Waals surface area contributed by atoms with Crippen LogP contribution in [0.15, 0.2) is 60.7 Å². The van der Waals surface area contributed by atoms with Gasteiger partial charge in [-0.15, -0.1) is 7.05 Å². The van der Waals surface area contributed by atoms with Crippen LogP contribution in [0.2, 0.25) is 0 Å². The quantitative estimate of drug-likeness (QED) is 0.285. The molecule has 8 bridgehead atoms. The van der Waals surface area contributed by atoms with Crippen LogP contribution in [0.4, 0.5) is 0 Å². The molecule has 9 saturated carbocycles. The maximum Gasteiger partial charge on any atom is 0.309 e. The van der Waals surface area contributed by atoms with Crippen LogP contribution in [-0.2, 0) is 53.1 Å². The van der Waals surface area contributed by atoms with Crippen molar-refractivity contribution >= 4 is 11.9 Å². The van der Waals surface area contributed by atoms with Crippen LogP contribution in [0.5, 0.6) is 0 Å². The summed E-state index contributed by atoms with van der Waals surface area (Å²) in [7, 11) is 1.66. The zero-order valence-corrected chi connectivity index (χ0v) is 35.7. The maximum atomic E-state index is 12.3. The van der Waals surface area contributed by atoms with Crippen LogP contribution in [0.3, 0.4) is 0 Å². The Labute approximate surface area is 340 Å². The van der Waals surface area contributed by atoms with Crippen molar-refractivity contribution in [1.29, 1.82) is 0 Å². The van der Waals surface area contributed by atoms with Crippen LogP contribution in [0, 0.1) is 71.0 Å². The van der Waals surface area contributed by atoms with E-state index in [1.807, 2.05) is 0 Å².